The molecule has 1 fully saturated rings. The van der Waals surface area contributed by atoms with Gasteiger partial charge in [0.15, 0.2) is 0 Å². The summed E-state index contributed by atoms with van der Waals surface area (Å²) in [6.07, 6.45) is 2.50. The molecule has 1 aromatic carbocycles. The standard InChI is InChI=1S/C15H23N/c1-11(16)15(9-10-15)13-7-5-12(6-8-13)14(2,3)4/h5-8,11H,9-10,16H2,1-4H3. The molecule has 1 nitrogen and oxygen atoms in total. The number of hydrogen-bond donors (Lipinski definition) is 1. The van der Waals surface area contributed by atoms with Crippen LogP contribution in [0, 0.1) is 0 Å². The quantitative estimate of drug-likeness (QED) is 0.807. The zero-order valence-electron chi connectivity index (χ0n) is 10.9. The van der Waals surface area contributed by atoms with Gasteiger partial charge < -0.3 is 5.73 Å². The van der Waals surface area contributed by atoms with Crippen molar-refractivity contribution in [3.63, 3.8) is 0 Å². The van der Waals surface area contributed by atoms with E-state index in [4.69, 9.17) is 5.73 Å². The first-order valence-electron chi connectivity index (χ1n) is 6.23. The van der Waals surface area contributed by atoms with Gasteiger partial charge in [-0.2, -0.15) is 0 Å². The summed E-state index contributed by atoms with van der Waals surface area (Å²) in [5, 5.41) is 0. The minimum absolute atomic E-state index is 0.240. The zero-order valence-corrected chi connectivity index (χ0v) is 10.9. The van der Waals surface area contributed by atoms with Gasteiger partial charge in [-0.05, 0) is 36.3 Å². The van der Waals surface area contributed by atoms with E-state index >= 15 is 0 Å². The van der Waals surface area contributed by atoms with Crippen molar-refractivity contribution in [2.45, 2.75) is 57.4 Å². The lowest BCUT2D eigenvalue weighted by Gasteiger charge is -2.23. The Bertz CT molecular complexity index is 363. The van der Waals surface area contributed by atoms with Crippen molar-refractivity contribution >= 4 is 0 Å². The van der Waals surface area contributed by atoms with Crippen molar-refractivity contribution in [1.82, 2.24) is 0 Å². The van der Waals surface area contributed by atoms with Crippen LogP contribution in [-0.4, -0.2) is 6.04 Å². The van der Waals surface area contributed by atoms with E-state index in [2.05, 4.69) is 52.0 Å². The molecule has 1 aliphatic carbocycles. The Morgan fingerprint density at radius 2 is 1.62 bits per heavy atom. The first-order chi connectivity index (χ1) is 7.36. The molecule has 1 unspecified atom stereocenters. The third kappa shape index (κ3) is 1.89. The van der Waals surface area contributed by atoms with E-state index in [1.165, 1.54) is 24.0 Å². The summed E-state index contributed by atoms with van der Waals surface area (Å²) in [5.74, 6) is 0. The topological polar surface area (TPSA) is 26.0 Å². The first-order valence-corrected chi connectivity index (χ1v) is 6.23. The molecule has 1 atom stereocenters. The van der Waals surface area contributed by atoms with Crippen LogP contribution in [0.5, 0.6) is 0 Å². The van der Waals surface area contributed by atoms with Crippen molar-refractivity contribution in [2.24, 2.45) is 5.73 Å². The number of hydrogen-bond acceptors (Lipinski definition) is 1. The highest BCUT2D eigenvalue weighted by atomic mass is 14.7. The maximum absolute atomic E-state index is 6.09. The van der Waals surface area contributed by atoms with Gasteiger partial charge in [0.1, 0.15) is 0 Å². The maximum atomic E-state index is 6.09. The van der Waals surface area contributed by atoms with Crippen molar-refractivity contribution in [1.29, 1.82) is 0 Å². The third-order valence-electron chi connectivity index (χ3n) is 3.99. The molecule has 1 saturated carbocycles. The normalized spacial score (nSPS) is 20.6. The average Bonchev–Trinajstić information content (AvgIpc) is 2.97. The van der Waals surface area contributed by atoms with Crippen LogP contribution in [0.1, 0.15) is 51.7 Å². The van der Waals surface area contributed by atoms with Crippen LogP contribution in [0.3, 0.4) is 0 Å². The molecular formula is C15H23N. The summed E-state index contributed by atoms with van der Waals surface area (Å²) in [4.78, 5) is 0. The van der Waals surface area contributed by atoms with Gasteiger partial charge in [0, 0.05) is 11.5 Å². The van der Waals surface area contributed by atoms with Crippen LogP contribution >= 0.6 is 0 Å². The minimum atomic E-state index is 0.240. The highest BCUT2D eigenvalue weighted by Crippen LogP contribution is 2.50. The molecule has 0 bridgehead atoms. The van der Waals surface area contributed by atoms with E-state index < -0.39 is 0 Å². The molecule has 0 aliphatic heterocycles. The van der Waals surface area contributed by atoms with Crippen molar-refractivity contribution in [3.8, 4) is 0 Å². The van der Waals surface area contributed by atoms with Gasteiger partial charge >= 0.3 is 0 Å². The van der Waals surface area contributed by atoms with Crippen LogP contribution < -0.4 is 5.73 Å². The smallest absolute Gasteiger partial charge is 0.0108 e. The lowest BCUT2D eigenvalue weighted by Crippen LogP contribution is -2.31. The fraction of sp³-hybridized carbons (Fsp3) is 0.600. The van der Waals surface area contributed by atoms with E-state index in [-0.39, 0.29) is 16.9 Å². The Hall–Kier alpha value is -0.820. The SMILES string of the molecule is CC(N)C1(c2ccc(C(C)(C)C)cc2)CC1. The van der Waals surface area contributed by atoms with Crippen molar-refractivity contribution < 1.29 is 0 Å². The molecule has 88 valence electrons. The molecule has 2 rings (SSSR count). The molecule has 0 saturated heterocycles. The predicted octanol–water partition coefficient (Wildman–Crippen LogP) is 3.36. The van der Waals surface area contributed by atoms with E-state index in [0.29, 0.717) is 0 Å². The van der Waals surface area contributed by atoms with Gasteiger partial charge in [-0.1, -0.05) is 45.0 Å². The molecule has 1 heteroatoms. The third-order valence-corrected chi connectivity index (χ3v) is 3.99. The largest absolute Gasteiger partial charge is 0.327 e. The van der Waals surface area contributed by atoms with Crippen LogP contribution in [-0.2, 0) is 10.8 Å². The molecule has 0 amide bonds. The summed E-state index contributed by atoms with van der Waals surface area (Å²) in [5.41, 5.74) is 9.44. The van der Waals surface area contributed by atoms with Gasteiger partial charge in [0.2, 0.25) is 0 Å². The second-order valence-corrected chi connectivity index (χ2v) is 6.27. The number of benzene rings is 1. The van der Waals surface area contributed by atoms with E-state index in [1.54, 1.807) is 0 Å². The highest BCUT2D eigenvalue weighted by molar-refractivity contribution is 5.37. The van der Waals surface area contributed by atoms with Crippen LogP contribution in [0.15, 0.2) is 24.3 Å². The lowest BCUT2D eigenvalue weighted by molar-refractivity contribution is 0.553. The summed E-state index contributed by atoms with van der Waals surface area (Å²) in [6, 6.07) is 9.34. The maximum Gasteiger partial charge on any atom is 0.0108 e. The van der Waals surface area contributed by atoms with E-state index in [1.807, 2.05) is 0 Å². The monoisotopic (exact) mass is 217 g/mol. The zero-order chi connectivity index (χ0) is 12.0. The molecular weight excluding hydrogens is 194 g/mol. The van der Waals surface area contributed by atoms with Gasteiger partial charge in [-0.25, -0.2) is 0 Å². The van der Waals surface area contributed by atoms with Crippen LogP contribution in [0.25, 0.3) is 0 Å². The summed E-state index contributed by atoms with van der Waals surface area (Å²) in [7, 11) is 0. The van der Waals surface area contributed by atoms with E-state index in [0.717, 1.165) is 0 Å². The molecule has 0 radical (unpaired) electrons. The molecule has 1 aromatic rings. The van der Waals surface area contributed by atoms with E-state index in [9.17, 15) is 0 Å². The molecule has 0 spiro atoms. The fourth-order valence-electron chi connectivity index (χ4n) is 2.44. The summed E-state index contributed by atoms with van der Waals surface area (Å²) in [6.45, 7) is 8.88. The number of rotatable bonds is 2. The molecule has 1 aliphatic rings. The fourth-order valence-corrected chi connectivity index (χ4v) is 2.44. The van der Waals surface area contributed by atoms with Crippen molar-refractivity contribution in [2.75, 3.05) is 0 Å². The Morgan fingerprint density at radius 3 is 1.94 bits per heavy atom. The molecule has 2 N–H and O–H groups in total. The summed E-state index contributed by atoms with van der Waals surface area (Å²) < 4.78 is 0. The Morgan fingerprint density at radius 1 is 1.12 bits per heavy atom. The van der Waals surface area contributed by atoms with Gasteiger partial charge in [0.05, 0.1) is 0 Å². The Labute approximate surface area is 99.0 Å². The second kappa shape index (κ2) is 3.59. The second-order valence-electron chi connectivity index (χ2n) is 6.27. The van der Waals surface area contributed by atoms with Crippen molar-refractivity contribution in [3.05, 3.63) is 35.4 Å². The van der Waals surface area contributed by atoms with Gasteiger partial charge in [-0.3, -0.25) is 0 Å². The minimum Gasteiger partial charge on any atom is -0.327 e. The predicted molar refractivity (Wildman–Crippen MR) is 69.7 cm³/mol. The highest BCUT2D eigenvalue weighted by Gasteiger charge is 2.47. The average molecular weight is 217 g/mol. The Kier molecular flexibility index (Phi) is 2.62. The van der Waals surface area contributed by atoms with Gasteiger partial charge in [0.25, 0.3) is 0 Å². The Balaban J connectivity index is 2.27. The first kappa shape index (κ1) is 11.7. The summed E-state index contributed by atoms with van der Waals surface area (Å²) >= 11 is 0. The molecule has 0 heterocycles. The van der Waals surface area contributed by atoms with Gasteiger partial charge in [-0.15, -0.1) is 0 Å². The van der Waals surface area contributed by atoms with Crippen LogP contribution in [0.4, 0.5) is 0 Å². The van der Waals surface area contributed by atoms with Crippen LogP contribution in [0.2, 0.25) is 0 Å². The number of nitrogens with two attached hydrogens (primary N) is 1. The molecule has 16 heavy (non-hydrogen) atoms. The lowest BCUT2D eigenvalue weighted by atomic mass is 9.83. The molecule has 0 aromatic heterocycles.